The second-order valence-electron chi connectivity index (χ2n) is 8.77. The van der Waals surface area contributed by atoms with Crippen molar-refractivity contribution in [3.63, 3.8) is 0 Å². The molecule has 0 saturated heterocycles. The van der Waals surface area contributed by atoms with Crippen molar-refractivity contribution in [2.75, 3.05) is 0 Å². The first kappa shape index (κ1) is 23.3. The number of hydrogen-bond acceptors (Lipinski definition) is 3. The summed E-state index contributed by atoms with van der Waals surface area (Å²) in [6.45, 7) is 4.43. The van der Waals surface area contributed by atoms with Crippen LogP contribution in [0.3, 0.4) is 0 Å². The highest BCUT2D eigenvalue weighted by Gasteiger charge is 2.11. The van der Waals surface area contributed by atoms with Crippen LogP contribution in [-0.4, -0.2) is 6.16 Å². The molecule has 0 radical (unpaired) electrons. The van der Waals surface area contributed by atoms with E-state index in [4.69, 9.17) is 9.47 Å². The fourth-order valence-electron chi connectivity index (χ4n) is 4.11. The van der Waals surface area contributed by atoms with Crippen LogP contribution in [-0.2, 0) is 12.8 Å². The highest BCUT2D eigenvalue weighted by atomic mass is 16.7. The molecule has 0 fully saturated rings. The molecule has 4 rings (SSSR count). The summed E-state index contributed by atoms with van der Waals surface area (Å²) in [7, 11) is 0. The molecule has 0 heterocycles. The van der Waals surface area contributed by atoms with E-state index < -0.39 is 6.16 Å². The molecular weight excluding hydrogens is 420 g/mol. The quantitative estimate of drug-likeness (QED) is 0.202. The molecule has 3 heteroatoms. The van der Waals surface area contributed by atoms with Crippen molar-refractivity contribution in [1.82, 2.24) is 0 Å². The Morgan fingerprint density at radius 3 is 1.26 bits per heavy atom. The van der Waals surface area contributed by atoms with E-state index in [9.17, 15) is 4.79 Å². The Balaban J connectivity index is 1.27. The number of benzene rings is 4. The summed E-state index contributed by atoms with van der Waals surface area (Å²) in [5, 5.41) is 0. The van der Waals surface area contributed by atoms with Crippen molar-refractivity contribution in [1.29, 1.82) is 0 Å². The smallest absolute Gasteiger partial charge is 0.395 e. The second kappa shape index (κ2) is 11.3. The molecule has 4 aromatic rings. The third kappa shape index (κ3) is 6.58. The van der Waals surface area contributed by atoms with Crippen LogP contribution in [0.25, 0.3) is 0 Å². The van der Waals surface area contributed by atoms with Crippen molar-refractivity contribution in [2.45, 2.75) is 38.5 Å². The molecular formula is C31H30O3. The maximum atomic E-state index is 12.2. The minimum Gasteiger partial charge on any atom is -0.395 e. The van der Waals surface area contributed by atoms with Gasteiger partial charge < -0.3 is 9.47 Å². The maximum absolute atomic E-state index is 12.2. The lowest BCUT2D eigenvalue weighted by Gasteiger charge is -2.13. The van der Waals surface area contributed by atoms with Gasteiger partial charge in [-0.2, -0.15) is 0 Å². The molecule has 172 valence electrons. The summed E-state index contributed by atoms with van der Waals surface area (Å²) in [6.07, 6.45) is 1.10. The molecule has 0 amide bonds. The van der Waals surface area contributed by atoms with Crippen LogP contribution in [0.2, 0.25) is 0 Å². The third-order valence-corrected chi connectivity index (χ3v) is 6.07. The van der Waals surface area contributed by atoms with E-state index in [1.54, 1.807) is 0 Å². The molecule has 3 nitrogen and oxygen atoms in total. The Bertz CT molecular complexity index is 1070. The molecule has 0 saturated carbocycles. The van der Waals surface area contributed by atoms with Crippen molar-refractivity contribution in [2.24, 2.45) is 0 Å². The summed E-state index contributed by atoms with van der Waals surface area (Å²) in [4.78, 5) is 12.2. The standard InChI is InChI=1S/C31H30O3/c1-23(27-9-5-3-6-10-27)21-25-13-17-29(18-14-25)33-31(32)34-30-19-15-26(16-20-30)22-24(2)28-11-7-4-8-12-28/h3-20,23-24H,21-22H2,1-2H3/t23-,24-/m1/s1. The van der Waals surface area contributed by atoms with Crippen molar-refractivity contribution in [3.05, 3.63) is 131 Å². The average Bonchev–Trinajstić information content (AvgIpc) is 2.87. The SMILES string of the molecule is C[C@H](Cc1ccc(OC(=O)Oc2ccc(C[C@@H](C)c3ccccc3)cc2)cc1)c1ccccc1. The van der Waals surface area contributed by atoms with Gasteiger partial charge in [0.25, 0.3) is 0 Å². The zero-order chi connectivity index (χ0) is 23.8. The fraction of sp³-hybridized carbons (Fsp3) is 0.194. The molecule has 0 aromatic heterocycles. The minimum atomic E-state index is -0.740. The molecule has 0 bridgehead atoms. The normalized spacial score (nSPS) is 12.5. The molecule has 0 aliphatic carbocycles. The lowest BCUT2D eigenvalue weighted by atomic mass is 9.94. The van der Waals surface area contributed by atoms with Gasteiger partial charge in [-0.25, -0.2) is 4.79 Å². The van der Waals surface area contributed by atoms with Crippen molar-refractivity contribution >= 4 is 6.16 Å². The largest absolute Gasteiger partial charge is 0.519 e. The first-order valence-corrected chi connectivity index (χ1v) is 11.7. The topological polar surface area (TPSA) is 35.5 Å². The van der Waals surface area contributed by atoms with Crippen LogP contribution < -0.4 is 9.47 Å². The fourth-order valence-corrected chi connectivity index (χ4v) is 4.11. The van der Waals surface area contributed by atoms with E-state index >= 15 is 0 Å². The van der Waals surface area contributed by atoms with Gasteiger partial charge in [0.1, 0.15) is 11.5 Å². The van der Waals surface area contributed by atoms with Crippen LogP contribution in [0.5, 0.6) is 11.5 Å². The number of rotatable bonds is 8. The Kier molecular flexibility index (Phi) is 7.77. The van der Waals surface area contributed by atoms with E-state index in [1.807, 2.05) is 60.7 Å². The molecule has 0 unspecified atom stereocenters. The predicted molar refractivity (Wildman–Crippen MR) is 137 cm³/mol. The lowest BCUT2D eigenvalue weighted by Crippen LogP contribution is -2.13. The van der Waals surface area contributed by atoms with Gasteiger partial charge in [-0.3, -0.25) is 0 Å². The minimum absolute atomic E-state index is 0.414. The number of hydrogen-bond donors (Lipinski definition) is 0. The number of carbonyl (C=O) groups is 1. The summed E-state index contributed by atoms with van der Waals surface area (Å²) >= 11 is 0. The molecule has 0 aliphatic heterocycles. The highest BCUT2D eigenvalue weighted by Crippen LogP contribution is 2.24. The van der Waals surface area contributed by atoms with Crippen molar-refractivity contribution < 1.29 is 14.3 Å². The zero-order valence-electron chi connectivity index (χ0n) is 19.7. The van der Waals surface area contributed by atoms with E-state index in [1.165, 1.54) is 22.3 Å². The van der Waals surface area contributed by atoms with Gasteiger partial charge in [0.15, 0.2) is 0 Å². The second-order valence-corrected chi connectivity index (χ2v) is 8.77. The molecule has 2 atom stereocenters. The van der Waals surface area contributed by atoms with Crippen LogP contribution >= 0.6 is 0 Å². The highest BCUT2D eigenvalue weighted by molar-refractivity contribution is 5.67. The van der Waals surface area contributed by atoms with Crippen LogP contribution in [0.15, 0.2) is 109 Å². The van der Waals surface area contributed by atoms with Gasteiger partial charge in [-0.05, 0) is 71.2 Å². The van der Waals surface area contributed by atoms with Gasteiger partial charge in [0.2, 0.25) is 0 Å². The van der Waals surface area contributed by atoms with E-state index in [-0.39, 0.29) is 0 Å². The average molecular weight is 451 g/mol. The van der Waals surface area contributed by atoms with E-state index in [0.717, 1.165) is 12.8 Å². The van der Waals surface area contributed by atoms with Gasteiger partial charge in [-0.1, -0.05) is 98.8 Å². The van der Waals surface area contributed by atoms with Crippen LogP contribution in [0, 0.1) is 0 Å². The molecule has 34 heavy (non-hydrogen) atoms. The monoisotopic (exact) mass is 450 g/mol. The van der Waals surface area contributed by atoms with E-state index in [0.29, 0.717) is 23.3 Å². The van der Waals surface area contributed by atoms with Gasteiger partial charge in [-0.15, -0.1) is 0 Å². The Hall–Kier alpha value is -3.85. The van der Waals surface area contributed by atoms with Crippen LogP contribution in [0.1, 0.15) is 47.9 Å². The first-order chi connectivity index (χ1) is 16.6. The Morgan fingerprint density at radius 1 is 0.559 bits per heavy atom. The van der Waals surface area contributed by atoms with Gasteiger partial charge in [0, 0.05) is 0 Å². The molecule has 0 spiro atoms. The number of ether oxygens (including phenoxy) is 2. The Labute approximate surface area is 202 Å². The first-order valence-electron chi connectivity index (χ1n) is 11.7. The van der Waals surface area contributed by atoms with Crippen LogP contribution in [0.4, 0.5) is 4.79 Å². The Morgan fingerprint density at radius 2 is 0.912 bits per heavy atom. The number of carbonyl (C=O) groups excluding carboxylic acids is 1. The molecule has 4 aromatic carbocycles. The molecule has 0 N–H and O–H groups in total. The summed E-state index contributed by atoms with van der Waals surface area (Å²) in [6, 6.07) is 36.1. The summed E-state index contributed by atoms with van der Waals surface area (Å²) in [5.41, 5.74) is 5.01. The third-order valence-electron chi connectivity index (χ3n) is 6.07. The van der Waals surface area contributed by atoms with Gasteiger partial charge >= 0.3 is 6.16 Å². The predicted octanol–water partition coefficient (Wildman–Crippen LogP) is 7.96. The molecule has 0 aliphatic rings. The maximum Gasteiger partial charge on any atom is 0.519 e. The zero-order valence-corrected chi connectivity index (χ0v) is 19.7. The van der Waals surface area contributed by atoms with Crippen molar-refractivity contribution in [3.8, 4) is 11.5 Å². The summed E-state index contributed by atoms with van der Waals surface area (Å²) < 4.78 is 10.7. The van der Waals surface area contributed by atoms with E-state index in [2.05, 4.69) is 62.4 Å². The lowest BCUT2D eigenvalue weighted by molar-refractivity contribution is 0.152. The summed E-state index contributed by atoms with van der Waals surface area (Å²) in [5.74, 6) is 1.76. The van der Waals surface area contributed by atoms with Gasteiger partial charge in [0.05, 0.1) is 0 Å².